The molecule has 0 heterocycles. The SMILES string of the molecule is COc1cc(C#N)cc(C(N)=NO)c1. The minimum absolute atomic E-state index is 0.0552. The summed E-state index contributed by atoms with van der Waals surface area (Å²) in [4.78, 5) is 0. The van der Waals surface area contributed by atoms with E-state index in [1.54, 1.807) is 12.1 Å². The van der Waals surface area contributed by atoms with E-state index in [9.17, 15) is 0 Å². The van der Waals surface area contributed by atoms with Gasteiger partial charge in [-0.2, -0.15) is 5.26 Å². The van der Waals surface area contributed by atoms with E-state index < -0.39 is 0 Å². The number of nitrogens with zero attached hydrogens (tertiary/aromatic N) is 2. The summed E-state index contributed by atoms with van der Waals surface area (Å²) in [6.07, 6.45) is 0. The number of hydrogen-bond acceptors (Lipinski definition) is 4. The number of amidine groups is 1. The molecule has 0 atom stereocenters. The van der Waals surface area contributed by atoms with Crippen LogP contribution >= 0.6 is 0 Å². The van der Waals surface area contributed by atoms with Crippen LogP contribution in [0.3, 0.4) is 0 Å². The number of nitriles is 1. The predicted octanol–water partition coefficient (Wildman–Crippen LogP) is 0.661. The molecule has 0 radical (unpaired) electrons. The molecule has 3 N–H and O–H groups in total. The Bertz CT molecular complexity index is 407. The molecule has 0 amide bonds. The molecule has 14 heavy (non-hydrogen) atoms. The van der Waals surface area contributed by atoms with Gasteiger partial charge in [-0.1, -0.05) is 5.16 Å². The van der Waals surface area contributed by atoms with Crippen LogP contribution in [0.5, 0.6) is 5.75 Å². The third-order valence-corrected chi connectivity index (χ3v) is 1.67. The maximum absolute atomic E-state index is 8.69. The second-order valence-electron chi connectivity index (χ2n) is 2.55. The lowest BCUT2D eigenvalue weighted by Gasteiger charge is -2.03. The first-order chi connectivity index (χ1) is 6.71. The molecule has 0 aliphatic rings. The second-order valence-corrected chi connectivity index (χ2v) is 2.55. The molecule has 5 nitrogen and oxygen atoms in total. The van der Waals surface area contributed by atoms with Crippen LogP contribution in [0.25, 0.3) is 0 Å². The molecule has 72 valence electrons. The van der Waals surface area contributed by atoms with Crippen LogP contribution in [-0.2, 0) is 0 Å². The molecule has 1 aromatic rings. The Hall–Kier alpha value is -2.22. The first-order valence-electron chi connectivity index (χ1n) is 3.78. The molecule has 0 aliphatic heterocycles. The molecule has 0 aliphatic carbocycles. The molecule has 0 saturated heterocycles. The monoisotopic (exact) mass is 191 g/mol. The van der Waals surface area contributed by atoms with Gasteiger partial charge in [-0.05, 0) is 18.2 Å². The topological polar surface area (TPSA) is 91.6 Å². The fourth-order valence-corrected chi connectivity index (χ4v) is 0.987. The molecule has 1 aromatic carbocycles. The van der Waals surface area contributed by atoms with Crippen molar-refractivity contribution in [2.45, 2.75) is 0 Å². The Morgan fingerprint density at radius 3 is 2.79 bits per heavy atom. The molecule has 0 saturated carbocycles. The van der Waals surface area contributed by atoms with Crippen LogP contribution in [-0.4, -0.2) is 18.2 Å². The zero-order valence-corrected chi connectivity index (χ0v) is 7.56. The molecular formula is C9H9N3O2. The quantitative estimate of drug-likeness (QED) is 0.311. The number of ether oxygens (including phenoxy) is 1. The largest absolute Gasteiger partial charge is 0.497 e. The minimum Gasteiger partial charge on any atom is -0.497 e. The minimum atomic E-state index is -0.0552. The van der Waals surface area contributed by atoms with E-state index in [2.05, 4.69) is 5.16 Å². The maximum atomic E-state index is 8.69. The van der Waals surface area contributed by atoms with Crippen molar-refractivity contribution in [1.82, 2.24) is 0 Å². The number of rotatable bonds is 2. The summed E-state index contributed by atoms with van der Waals surface area (Å²) < 4.78 is 4.95. The van der Waals surface area contributed by atoms with Crippen LogP contribution in [0.15, 0.2) is 23.4 Å². The average Bonchev–Trinajstić information content (AvgIpc) is 2.27. The Morgan fingerprint density at radius 2 is 2.29 bits per heavy atom. The van der Waals surface area contributed by atoms with Gasteiger partial charge in [0.25, 0.3) is 0 Å². The summed E-state index contributed by atoms with van der Waals surface area (Å²) in [5.74, 6) is 0.436. The maximum Gasteiger partial charge on any atom is 0.170 e. The van der Waals surface area contributed by atoms with Crippen molar-refractivity contribution < 1.29 is 9.94 Å². The highest BCUT2D eigenvalue weighted by Crippen LogP contribution is 2.16. The molecule has 0 aromatic heterocycles. The molecule has 5 heteroatoms. The van der Waals surface area contributed by atoms with Gasteiger partial charge in [0.05, 0.1) is 18.7 Å². The average molecular weight is 191 g/mol. The van der Waals surface area contributed by atoms with E-state index in [-0.39, 0.29) is 5.84 Å². The van der Waals surface area contributed by atoms with Crippen LogP contribution in [0.4, 0.5) is 0 Å². The predicted molar refractivity (Wildman–Crippen MR) is 50.2 cm³/mol. The van der Waals surface area contributed by atoms with Crippen LogP contribution in [0.2, 0.25) is 0 Å². The lowest BCUT2D eigenvalue weighted by Crippen LogP contribution is -2.13. The van der Waals surface area contributed by atoms with Crippen LogP contribution in [0, 0.1) is 11.3 Å². The Labute approximate surface area is 81.0 Å². The summed E-state index contributed by atoms with van der Waals surface area (Å²) >= 11 is 0. The van der Waals surface area contributed by atoms with Crippen LogP contribution in [0.1, 0.15) is 11.1 Å². The fraction of sp³-hybridized carbons (Fsp3) is 0.111. The van der Waals surface area contributed by atoms with Gasteiger partial charge in [0, 0.05) is 5.56 Å². The molecular weight excluding hydrogens is 182 g/mol. The Kier molecular flexibility index (Phi) is 2.92. The highest BCUT2D eigenvalue weighted by Gasteiger charge is 2.04. The lowest BCUT2D eigenvalue weighted by molar-refractivity contribution is 0.318. The van der Waals surface area contributed by atoms with Crippen molar-refractivity contribution in [3.05, 3.63) is 29.3 Å². The molecule has 0 spiro atoms. The van der Waals surface area contributed by atoms with Crippen molar-refractivity contribution >= 4 is 5.84 Å². The molecule has 0 unspecified atom stereocenters. The first-order valence-corrected chi connectivity index (χ1v) is 3.78. The third kappa shape index (κ3) is 1.93. The Morgan fingerprint density at radius 1 is 1.57 bits per heavy atom. The zero-order chi connectivity index (χ0) is 10.6. The van der Waals surface area contributed by atoms with Crippen molar-refractivity contribution in [3.8, 4) is 11.8 Å². The van der Waals surface area contributed by atoms with E-state index in [0.717, 1.165) is 0 Å². The smallest absolute Gasteiger partial charge is 0.170 e. The standard InChI is InChI=1S/C9H9N3O2/c1-14-8-3-6(5-10)2-7(4-8)9(11)12-13/h2-4,13H,1H3,(H2,11,12). The van der Waals surface area contributed by atoms with Crippen LogP contribution < -0.4 is 10.5 Å². The van der Waals surface area contributed by atoms with Crippen molar-refractivity contribution in [3.63, 3.8) is 0 Å². The van der Waals surface area contributed by atoms with Gasteiger partial charge in [-0.25, -0.2) is 0 Å². The zero-order valence-electron chi connectivity index (χ0n) is 7.56. The van der Waals surface area contributed by atoms with E-state index in [1.165, 1.54) is 13.2 Å². The highest BCUT2D eigenvalue weighted by atomic mass is 16.5. The fourth-order valence-electron chi connectivity index (χ4n) is 0.987. The Balaban J connectivity index is 3.26. The summed E-state index contributed by atoms with van der Waals surface area (Å²) in [7, 11) is 1.48. The summed E-state index contributed by atoms with van der Waals surface area (Å²) in [5, 5.41) is 20.0. The number of methoxy groups -OCH3 is 1. The van der Waals surface area contributed by atoms with Crippen molar-refractivity contribution in [2.24, 2.45) is 10.9 Å². The first kappa shape index (κ1) is 9.86. The summed E-state index contributed by atoms with van der Waals surface area (Å²) in [5.41, 5.74) is 6.22. The number of benzene rings is 1. The summed E-state index contributed by atoms with van der Waals surface area (Å²) in [6.45, 7) is 0. The summed E-state index contributed by atoms with van der Waals surface area (Å²) in [6, 6.07) is 6.60. The number of hydrogen-bond donors (Lipinski definition) is 2. The van der Waals surface area contributed by atoms with Crippen molar-refractivity contribution in [1.29, 1.82) is 5.26 Å². The van der Waals surface area contributed by atoms with Gasteiger partial charge >= 0.3 is 0 Å². The van der Waals surface area contributed by atoms with Gasteiger partial charge in [0.1, 0.15) is 5.75 Å². The number of nitrogens with two attached hydrogens (primary N) is 1. The lowest BCUT2D eigenvalue weighted by atomic mass is 10.1. The van der Waals surface area contributed by atoms with Gasteiger partial charge < -0.3 is 15.7 Å². The second kappa shape index (κ2) is 4.14. The van der Waals surface area contributed by atoms with E-state index >= 15 is 0 Å². The van der Waals surface area contributed by atoms with Gasteiger partial charge in [-0.3, -0.25) is 0 Å². The number of oxime groups is 1. The van der Waals surface area contributed by atoms with Gasteiger partial charge in [0.2, 0.25) is 0 Å². The van der Waals surface area contributed by atoms with E-state index in [0.29, 0.717) is 16.9 Å². The third-order valence-electron chi connectivity index (χ3n) is 1.67. The molecule has 0 fully saturated rings. The normalized spacial score (nSPS) is 10.7. The van der Waals surface area contributed by atoms with Crippen molar-refractivity contribution in [2.75, 3.05) is 7.11 Å². The van der Waals surface area contributed by atoms with Gasteiger partial charge in [0.15, 0.2) is 5.84 Å². The highest BCUT2D eigenvalue weighted by molar-refractivity contribution is 5.97. The molecule has 0 bridgehead atoms. The van der Waals surface area contributed by atoms with E-state index in [1.807, 2.05) is 6.07 Å². The van der Waals surface area contributed by atoms with E-state index in [4.69, 9.17) is 20.9 Å². The van der Waals surface area contributed by atoms with Gasteiger partial charge in [-0.15, -0.1) is 0 Å². The molecule has 1 rings (SSSR count).